The van der Waals surface area contributed by atoms with Crippen molar-refractivity contribution in [3.63, 3.8) is 0 Å². The van der Waals surface area contributed by atoms with Gasteiger partial charge in [0.1, 0.15) is 18.1 Å². The molecule has 1 heterocycles. The lowest BCUT2D eigenvalue weighted by molar-refractivity contribution is 0.137. The molecule has 1 aliphatic rings. The van der Waals surface area contributed by atoms with Gasteiger partial charge in [-0.3, -0.25) is 0 Å². The average molecular weight is 249 g/mol. The number of phenols is 1. The smallest absolute Gasteiger partial charge is 0.127 e. The number of nitrogens with one attached hydrogen (secondary N) is 1. The zero-order valence-electron chi connectivity index (χ0n) is 10.4. The van der Waals surface area contributed by atoms with E-state index in [9.17, 15) is 5.11 Å². The van der Waals surface area contributed by atoms with Gasteiger partial charge in [-0.05, 0) is 18.6 Å². The second-order valence-corrected chi connectivity index (χ2v) is 4.23. The predicted octanol–water partition coefficient (Wildman–Crippen LogP) is 2.01. The highest BCUT2D eigenvalue weighted by molar-refractivity contribution is 5.44. The molecule has 0 aliphatic carbocycles. The van der Waals surface area contributed by atoms with E-state index in [4.69, 9.17) is 9.47 Å². The molecule has 1 unspecified atom stereocenters. The zero-order chi connectivity index (χ0) is 12.8. The quantitative estimate of drug-likeness (QED) is 0.573. The van der Waals surface area contributed by atoms with E-state index in [1.807, 2.05) is 12.1 Å². The van der Waals surface area contributed by atoms with Gasteiger partial charge in [0.05, 0.1) is 19.3 Å². The number of rotatable bonds is 7. The first kappa shape index (κ1) is 12.9. The minimum absolute atomic E-state index is 0.184. The maximum Gasteiger partial charge on any atom is 0.127 e. The van der Waals surface area contributed by atoms with E-state index >= 15 is 0 Å². The second-order valence-electron chi connectivity index (χ2n) is 4.23. The largest absolute Gasteiger partial charge is 0.508 e. The summed E-state index contributed by atoms with van der Waals surface area (Å²) in [6.45, 7) is 6.42. The summed E-state index contributed by atoms with van der Waals surface area (Å²) in [5.74, 6) is 1.00. The topological polar surface area (TPSA) is 50.7 Å². The van der Waals surface area contributed by atoms with Crippen molar-refractivity contribution in [2.24, 2.45) is 0 Å². The SMILES string of the molecule is C=CCCOCCNC1COc2cc(O)ccc21. The Bertz CT molecular complexity index is 406. The minimum atomic E-state index is 0.184. The third-order valence-corrected chi connectivity index (χ3v) is 2.88. The molecule has 0 radical (unpaired) electrons. The van der Waals surface area contributed by atoms with Gasteiger partial charge >= 0.3 is 0 Å². The molecule has 0 fully saturated rings. The van der Waals surface area contributed by atoms with Crippen LogP contribution >= 0.6 is 0 Å². The third kappa shape index (κ3) is 3.24. The molecule has 2 rings (SSSR count). The lowest BCUT2D eigenvalue weighted by atomic mass is 10.1. The standard InChI is InChI=1S/C14H19NO3/c1-2-3-7-17-8-6-15-13-10-18-14-9-11(16)4-5-12(13)14/h2,4-5,9,13,15-16H,1,3,6-8,10H2. The van der Waals surface area contributed by atoms with Crippen LogP contribution in [0, 0.1) is 0 Å². The first-order valence-corrected chi connectivity index (χ1v) is 6.19. The molecule has 2 N–H and O–H groups in total. The lowest BCUT2D eigenvalue weighted by Gasteiger charge is -2.11. The number of aromatic hydroxyl groups is 1. The molecule has 0 spiro atoms. The fourth-order valence-electron chi connectivity index (χ4n) is 1.94. The van der Waals surface area contributed by atoms with E-state index in [0.717, 1.165) is 30.9 Å². The van der Waals surface area contributed by atoms with Crippen molar-refractivity contribution in [1.29, 1.82) is 0 Å². The van der Waals surface area contributed by atoms with E-state index < -0.39 is 0 Å². The molecule has 0 amide bonds. The minimum Gasteiger partial charge on any atom is -0.508 e. The molecular weight excluding hydrogens is 230 g/mol. The average Bonchev–Trinajstić information content (AvgIpc) is 2.76. The van der Waals surface area contributed by atoms with Gasteiger partial charge < -0.3 is 19.9 Å². The Morgan fingerprint density at radius 1 is 1.50 bits per heavy atom. The van der Waals surface area contributed by atoms with E-state index in [-0.39, 0.29) is 11.8 Å². The van der Waals surface area contributed by atoms with Crippen molar-refractivity contribution in [2.45, 2.75) is 12.5 Å². The summed E-state index contributed by atoms with van der Waals surface area (Å²) in [4.78, 5) is 0. The van der Waals surface area contributed by atoms with Crippen molar-refractivity contribution in [2.75, 3.05) is 26.4 Å². The van der Waals surface area contributed by atoms with E-state index in [1.165, 1.54) is 0 Å². The molecule has 1 aliphatic heterocycles. The summed E-state index contributed by atoms with van der Waals surface area (Å²) in [5.41, 5.74) is 1.10. The van der Waals surface area contributed by atoms with Crippen molar-refractivity contribution >= 4 is 0 Å². The fraction of sp³-hybridized carbons (Fsp3) is 0.429. The fourth-order valence-corrected chi connectivity index (χ4v) is 1.94. The Morgan fingerprint density at radius 2 is 2.39 bits per heavy atom. The van der Waals surface area contributed by atoms with Gasteiger partial charge in [-0.15, -0.1) is 6.58 Å². The van der Waals surface area contributed by atoms with Crippen molar-refractivity contribution in [1.82, 2.24) is 5.32 Å². The molecular formula is C14H19NO3. The molecule has 4 nitrogen and oxygen atoms in total. The summed E-state index contributed by atoms with van der Waals surface area (Å²) in [6.07, 6.45) is 2.73. The van der Waals surface area contributed by atoms with Gasteiger partial charge in [-0.1, -0.05) is 6.08 Å². The molecule has 1 aromatic carbocycles. The Hall–Kier alpha value is -1.52. The summed E-state index contributed by atoms with van der Waals surface area (Å²) in [6, 6.07) is 5.41. The second kappa shape index (κ2) is 6.42. The summed E-state index contributed by atoms with van der Waals surface area (Å²) in [5, 5.41) is 12.7. The van der Waals surface area contributed by atoms with Gasteiger partial charge in [0.15, 0.2) is 0 Å². The van der Waals surface area contributed by atoms with Crippen molar-refractivity contribution in [3.05, 3.63) is 36.4 Å². The summed E-state index contributed by atoms with van der Waals surface area (Å²) >= 11 is 0. The maximum atomic E-state index is 9.35. The number of ether oxygens (including phenoxy) is 2. The lowest BCUT2D eigenvalue weighted by Crippen LogP contribution is -2.26. The molecule has 98 valence electrons. The molecule has 0 saturated heterocycles. The number of phenolic OH excluding ortho intramolecular Hbond substituents is 1. The van der Waals surface area contributed by atoms with Crippen LogP contribution < -0.4 is 10.1 Å². The van der Waals surface area contributed by atoms with Crippen LogP contribution in [0.5, 0.6) is 11.5 Å². The van der Waals surface area contributed by atoms with Gasteiger partial charge in [-0.25, -0.2) is 0 Å². The third-order valence-electron chi connectivity index (χ3n) is 2.88. The van der Waals surface area contributed by atoms with Crippen LogP contribution in [0.2, 0.25) is 0 Å². The van der Waals surface area contributed by atoms with Crippen molar-refractivity contribution < 1.29 is 14.6 Å². The van der Waals surface area contributed by atoms with Crippen LogP contribution in [-0.4, -0.2) is 31.5 Å². The molecule has 0 saturated carbocycles. The molecule has 1 atom stereocenters. The Morgan fingerprint density at radius 3 is 3.22 bits per heavy atom. The van der Waals surface area contributed by atoms with Crippen LogP contribution in [0.3, 0.4) is 0 Å². The van der Waals surface area contributed by atoms with E-state index in [2.05, 4.69) is 11.9 Å². The van der Waals surface area contributed by atoms with Gasteiger partial charge in [0, 0.05) is 18.2 Å². The van der Waals surface area contributed by atoms with Crippen molar-refractivity contribution in [3.8, 4) is 11.5 Å². The first-order chi connectivity index (χ1) is 8.81. The molecule has 0 aromatic heterocycles. The van der Waals surface area contributed by atoms with Crippen LogP contribution in [0.15, 0.2) is 30.9 Å². The monoisotopic (exact) mass is 249 g/mol. The maximum absolute atomic E-state index is 9.35. The zero-order valence-corrected chi connectivity index (χ0v) is 10.4. The molecule has 18 heavy (non-hydrogen) atoms. The van der Waals surface area contributed by atoms with Crippen LogP contribution in [0.4, 0.5) is 0 Å². The summed E-state index contributed by atoms with van der Waals surface area (Å²) in [7, 11) is 0. The highest BCUT2D eigenvalue weighted by atomic mass is 16.5. The van der Waals surface area contributed by atoms with Gasteiger partial charge in [0.2, 0.25) is 0 Å². The molecule has 0 bridgehead atoms. The van der Waals surface area contributed by atoms with E-state index in [0.29, 0.717) is 13.2 Å². The first-order valence-electron chi connectivity index (χ1n) is 6.19. The Labute approximate surface area is 107 Å². The molecule has 1 aromatic rings. The van der Waals surface area contributed by atoms with Gasteiger partial charge in [-0.2, -0.15) is 0 Å². The Kier molecular flexibility index (Phi) is 4.61. The Balaban J connectivity index is 1.74. The molecule has 4 heteroatoms. The van der Waals surface area contributed by atoms with E-state index in [1.54, 1.807) is 12.1 Å². The normalized spacial score (nSPS) is 17.2. The highest BCUT2D eigenvalue weighted by Gasteiger charge is 2.23. The number of hydrogen-bond donors (Lipinski definition) is 2. The number of fused-ring (bicyclic) bond motifs is 1. The van der Waals surface area contributed by atoms with Gasteiger partial charge in [0.25, 0.3) is 0 Å². The number of benzene rings is 1. The van der Waals surface area contributed by atoms with Crippen LogP contribution in [0.25, 0.3) is 0 Å². The highest BCUT2D eigenvalue weighted by Crippen LogP contribution is 2.34. The predicted molar refractivity (Wildman–Crippen MR) is 70.0 cm³/mol. The van der Waals surface area contributed by atoms with Crippen LogP contribution in [0.1, 0.15) is 18.0 Å². The number of hydrogen-bond acceptors (Lipinski definition) is 4. The summed E-state index contributed by atoms with van der Waals surface area (Å²) < 4.78 is 10.9. The van der Waals surface area contributed by atoms with Crippen LogP contribution in [-0.2, 0) is 4.74 Å².